The Kier molecular flexibility index (Phi) is 4.68. The predicted molar refractivity (Wildman–Crippen MR) is 99.4 cm³/mol. The molecule has 1 amide bonds. The van der Waals surface area contributed by atoms with E-state index in [1.807, 2.05) is 60.8 Å². The second-order valence-electron chi connectivity index (χ2n) is 5.65. The summed E-state index contributed by atoms with van der Waals surface area (Å²) in [6, 6.07) is 17.2. The molecule has 0 radical (unpaired) electrons. The van der Waals surface area contributed by atoms with Gasteiger partial charge in [-0.25, -0.2) is 0 Å². The van der Waals surface area contributed by atoms with Gasteiger partial charge in [0.1, 0.15) is 0 Å². The second kappa shape index (κ2) is 7.06. The van der Waals surface area contributed by atoms with E-state index in [0.29, 0.717) is 0 Å². The molecule has 3 rings (SSSR count). The molecule has 4 nitrogen and oxygen atoms in total. The molecule has 3 N–H and O–H groups in total. The molecule has 120 valence electrons. The van der Waals surface area contributed by atoms with Crippen molar-refractivity contribution in [3.05, 3.63) is 71.9 Å². The van der Waals surface area contributed by atoms with Gasteiger partial charge in [0.15, 0.2) is 0 Å². The number of aromatic nitrogens is 1. The van der Waals surface area contributed by atoms with Crippen molar-refractivity contribution in [1.82, 2.24) is 4.98 Å². The highest BCUT2D eigenvalue weighted by Gasteiger charge is 2.06. The van der Waals surface area contributed by atoms with Gasteiger partial charge in [-0.1, -0.05) is 42.5 Å². The largest absolute Gasteiger partial charge is 0.325 e. The Morgan fingerprint density at radius 2 is 1.83 bits per heavy atom. The van der Waals surface area contributed by atoms with Crippen LogP contribution in [0.2, 0.25) is 0 Å². The lowest BCUT2D eigenvalue weighted by Gasteiger charge is -2.07. The van der Waals surface area contributed by atoms with Gasteiger partial charge in [-0.05, 0) is 42.3 Å². The Morgan fingerprint density at radius 1 is 1.08 bits per heavy atom. The molecule has 0 unspecified atom stereocenters. The van der Waals surface area contributed by atoms with Crippen LogP contribution in [0, 0.1) is 0 Å². The van der Waals surface area contributed by atoms with Crippen molar-refractivity contribution in [1.29, 1.82) is 0 Å². The average molecular weight is 317 g/mol. The summed E-state index contributed by atoms with van der Waals surface area (Å²) in [6.45, 7) is 1.66. The molecular weight excluding hydrogens is 298 g/mol. The zero-order chi connectivity index (χ0) is 16.9. The first-order valence-corrected chi connectivity index (χ1v) is 7.82. The molecule has 0 bridgehead atoms. The number of hydrogen-bond donors (Lipinski definition) is 2. The number of fused-ring (bicyclic) bond motifs is 1. The van der Waals surface area contributed by atoms with E-state index in [1.165, 1.54) is 0 Å². The Bertz CT molecular complexity index is 878. The fraction of sp³-hybridized carbons (Fsp3) is 0.100. The minimum atomic E-state index is -0.524. The summed E-state index contributed by atoms with van der Waals surface area (Å²) < 4.78 is 0. The second-order valence-corrected chi connectivity index (χ2v) is 5.65. The Morgan fingerprint density at radius 3 is 2.58 bits per heavy atom. The number of carbonyl (C=O) groups excluding carboxylic acids is 1. The van der Waals surface area contributed by atoms with Crippen LogP contribution in [-0.4, -0.2) is 16.9 Å². The first-order chi connectivity index (χ1) is 11.6. The van der Waals surface area contributed by atoms with Crippen LogP contribution in [0.3, 0.4) is 0 Å². The van der Waals surface area contributed by atoms with Gasteiger partial charge in [-0.2, -0.15) is 0 Å². The topological polar surface area (TPSA) is 68.0 Å². The van der Waals surface area contributed by atoms with E-state index in [1.54, 1.807) is 6.92 Å². The first-order valence-electron chi connectivity index (χ1n) is 7.82. The van der Waals surface area contributed by atoms with Crippen molar-refractivity contribution >= 4 is 34.6 Å². The SMILES string of the molecule is C[C@H](N)C(=O)Nc1ccc(C=Cc2ccnc3ccccc23)cc1. The minimum Gasteiger partial charge on any atom is -0.325 e. The number of benzene rings is 2. The molecule has 0 aliphatic carbocycles. The smallest absolute Gasteiger partial charge is 0.240 e. The number of nitrogens with two attached hydrogens (primary N) is 1. The molecule has 4 heteroatoms. The number of para-hydroxylation sites is 1. The molecule has 2 aromatic carbocycles. The Balaban J connectivity index is 1.78. The Labute approximate surface area is 141 Å². The molecule has 1 aromatic heterocycles. The van der Waals surface area contributed by atoms with Crippen molar-refractivity contribution in [2.24, 2.45) is 5.73 Å². The van der Waals surface area contributed by atoms with Crippen LogP contribution >= 0.6 is 0 Å². The molecule has 0 aliphatic rings. The van der Waals surface area contributed by atoms with E-state index in [9.17, 15) is 4.79 Å². The van der Waals surface area contributed by atoms with Crippen LogP contribution in [0.4, 0.5) is 5.69 Å². The van der Waals surface area contributed by atoms with E-state index >= 15 is 0 Å². The van der Waals surface area contributed by atoms with Crippen LogP contribution in [0.25, 0.3) is 23.1 Å². The number of carbonyl (C=O) groups is 1. The van der Waals surface area contributed by atoms with Crippen LogP contribution in [0.5, 0.6) is 0 Å². The zero-order valence-corrected chi connectivity index (χ0v) is 13.4. The number of pyridine rings is 1. The molecule has 0 saturated heterocycles. The zero-order valence-electron chi connectivity index (χ0n) is 13.4. The summed E-state index contributed by atoms with van der Waals surface area (Å²) in [5.74, 6) is -0.193. The Hall–Kier alpha value is -2.98. The van der Waals surface area contributed by atoms with Gasteiger partial charge in [0.2, 0.25) is 5.91 Å². The molecule has 24 heavy (non-hydrogen) atoms. The molecular formula is C20H19N3O. The van der Waals surface area contributed by atoms with Gasteiger partial charge in [0.05, 0.1) is 11.6 Å². The van der Waals surface area contributed by atoms with Crippen LogP contribution in [0.15, 0.2) is 60.8 Å². The molecule has 1 heterocycles. The first kappa shape index (κ1) is 15.9. The third-order valence-electron chi connectivity index (χ3n) is 3.73. The maximum Gasteiger partial charge on any atom is 0.240 e. The highest BCUT2D eigenvalue weighted by Crippen LogP contribution is 2.19. The third-order valence-corrected chi connectivity index (χ3v) is 3.73. The molecule has 0 spiro atoms. The van der Waals surface area contributed by atoms with Crippen molar-refractivity contribution in [3.8, 4) is 0 Å². The van der Waals surface area contributed by atoms with Crippen molar-refractivity contribution in [2.75, 3.05) is 5.32 Å². The number of amides is 1. The lowest BCUT2D eigenvalue weighted by atomic mass is 10.1. The number of anilines is 1. The third kappa shape index (κ3) is 3.67. The highest BCUT2D eigenvalue weighted by molar-refractivity contribution is 5.94. The number of rotatable bonds is 4. The van der Waals surface area contributed by atoms with Gasteiger partial charge in [0, 0.05) is 17.3 Å². The summed E-state index contributed by atoms with van der Waals surface area (Å²) >= 11 is 0. The van der Waals surface area contributed by atoms with Gasteiger partial charge >= 0.3 is 0 Å². The fourth-order valence-corrected chi connectivity index (χ4v) is 2.38. The molecule has 0 aliphatic heterocycles. The molecule has 1 atom stereocenters. The predicted octanol–water partition coefficient (Wildman–Crippen LogP) is 3.69. The van der Waals surface area contributed by atoms with Crippen LogP contribution in [0.1, 0.15) is 18.1 Å². The number of nitrogens with zero attached hydrogens (tertiary/aromatic N) is 1. The summed E-state index contributed by atoms with van der Waals surface area (Å²) in [4.78, 5) is 15.9. The standard InChI is InChI=1S/C20H19N3O/c1-14(21)20(24)23-17-10-7-15(8-11-17)6-9-16-12-13-22-19-5-3-2-4-18(16)19/h2-14H,21H2,1H3,(H,23,24)/t14-/m0/s1. The molecule has 0 saturated carbocycles. The van der Waals surface area contributed by atoms with E-state index in [4.69, 9.17) is 5.73 Å². The van der Waals surface area contributed by atoms with Gasteiger partial charge < -0.3 is 11.1 Å². The summed E-state index contributed by atoms with van der Waals surface area (Å²) in [6.07, 6.45) is 5.92. The van der Waals surface area contributed by atoms with E-state index in [-0.39, 0.29) is 5.91 Å². The van der Waals surface area contributed by atoms with E-state index in [2.05, 4.69) is 22.4 Å². The van der Waals surface area contributed by atoms with Crippen molar-refractivity contribution < 1.29 is 4.79 Å². The molecule has 3 aromatic rings. The van der Waals surface area contributed by atoms with Gasteiger partial charge in [0.25, 0.3) is 0 Å². The fourth-order valence-electron chi connectivity index (χ4n) is 2.38. The highest BCUT2D eigenvalue weighted by atomic mass is 16.2. The van der Waals surface area contributed by atoms with Crippen LogP contribution in [-0.2, 0) is 4.79 Å². The maximum absolute atomic E-state index is 11.6. The summed E-state index contributed by atoms with van der Waals surface area (Å²) in [7, 11) is 0. The lowest BCUT2D eigenvalue weighted by Crippen LogP contribution is -2.32. The van der Waals surface area contributed by atoms with Crippen molar-refractivity contribution in [2.45, 2.75) is 13.0 Å². The minimum absolute atomic E-state index is 0.193. The summed E-state index contributed by atoms with van der Waals surface area (Å²) in [5, 5.41) is 3.89. The quantitative estimate of drug-likeness (QED) is 0.771. The average Bonchev–Trinajstić information content (AvgIpc) is 2.61. The number of nitrogens with one attached hydrogen (secondary N) is 1. The summed E-state index contributed by atoms with van der Waals surface area (Å²) in [5.41, 5.74) is 9.43. The van der Waals surface area contributed by atoms with Gasteiger partial charge in [-0.15, -0.1) is 0 Å². The van der Waals surface area contributed by atoms with E-state index in [0.717, 1.165) is 27.7 Å². The normalized spacial score (nSPS) is 12.4. The van der Waals surface area contributed by atoms with Gasteiger partial charge in [-0.3, -0.25) is 9.78 Å². The lowest BCUT2D eigenvalue weighted by molar-refractivity contribution is -0.117. The monoisotopic (exact) mass is 317 g/mol. The molecule has 0 fully saturated rings. The van der Waals surface area contributed by atoms with E-state index < -0.39 is 6.04 Å². The number of hydrogen-bond acceptors (Lipinski definition) is 3. The van der Waals surface area contributed by atoms with Crippen LogP contribution < -0.4 is 11.1 Å². The van der Waals surface area contributed by atoms with Crippen molar-refractivity contribution in [3.63, 3.8) is 0 Å². The maximum atomic E-state index is 11.6.